The predicted octanol–water partition coefficient (Wildman–Crippen LogP) is 22.8. The van der Waals surface area contributed by atoms with Gasteiger partial charge in [0.15, 0.2) is 12.2 Å². The molecule has 0 aliphatic rings. The number of rotatable bonds is 74. The second-order valence-corrected chi connectivity index (χ2v) is 29.2. The van der Waals surface area contributed by atoms with Crippen LogP contribution in [-0.4, -0.2) is 96.7 Å². The minimum Gasteiger partial charge on any atom is -0.462 e. The van der Waals surface area contributed by atoms with Gasteiger partial charge in [0.2, 0.25) is 0 Å². The molecule has 0 aromatic carbocycles. The maximum absolute atomic E-state index is 13.1. The molecule has 0 spiro atoms. The van der Waals surface area contributed by atoms with Crippen LogP contribution in [0.15, 0.2) is 97.2 Å². The molecule has 0 rings (SSSR count). The minimum absolute atomic E-state index is 0.0730. The third-order valence-electron chi connectivity index (χ3n) is 16.5. The van der Waals surface area contributed by atoms with Crippen LogP contribution in [-0.2, 0) is 65.4 Å². The summed E-state index contributed by atoms with van der Waals surface area (Å²) in [4.78, 5) is 72.9. The molecule has 0 aromatic rings. The third-order valence-corrected chi connectivity index (χ3v) is 18.4. The van der Waals surface area contributed by atoms with Crippen molar-refractivity contribution < 1.29 is 80.2 Å². The summed E-state index contributed by atoms with van der Waals surface area (Å²) < 4.78 is 68.5. The number of aliphatic hydroxyl groups excluding tert-OH is 1. The van der Waals surface area contributed by atoms with Crippen LogP contribution in [0.1, 0.15) is 336 Å². The van der Waals surface area contributed by atoms with E-state index in [1.807, 2.05) is 12.2 Å². The van der Waals surface area contributed by atoms with E-state index in [1.54, 1.807) is 0 Å². The number of carbonyl (C=O) groups is 4. The van der Waals surface area contributed by atoms with Crippen molar-refractivity contribution in [3.63, 3.8) is 0 Å². The molecule has 2 unspecified atom stereocenters. The Balaban J connectivity index is 5.41. The van der Waals surface area contributed by atoms with Gasteiger partial charge in [-0.2, -0.15) is 0 Å². The van der Waals surface area contributed by atoms with Gasteiger partial charge >= 0.3 is 39.5 Å². The average molecular weight is 1450 g/mol. The van der Waals surface area contributed by atoms with Crippen molar-refractivity contribution in [1.29, 1.82) is 0 Å². The summed E-state index contributed by atoms with van der Waals surface area (Å²) in [7, 11) is -9.97. The first-order valence-electron chi connectivity index (χ1n) is 39.5. The molecule has 578 valence electrons. The van der Waals surface area contributed by atoms with Crippen molar-refractivity contribution in [3.05, 3.63) is 97.2 Å². The number of aliphatic hydroxyl groups is 1. The van der Waals surface area contributed by atoms with E-state index in [9.17, 15) is 43.2 Å². The Bertz CT molecular complexity index is 2270. The summed E-state index contributed by atoms with van der Waals surface area (Å²) >= 11 is 0. The molecule has 0 fully saturated rings. The van der Waals surface area contributed by atoms with Gasteiger partial charge in [-0.3, -0.25) is 37.3 Å². The molecule has 5 atom stereocenters. The Morgan fingerprint density at radius 2 is 0.530 bits per heavy atom. The Morgan fingerprint density at radius 1 is 0.290 bits per heavy atom. The van der Waals surface area contributed by atoms with Crippen LogP contribution in [0.2, 0.25) is 0 Å². The number of carbonyl (C=O) groups excluding carboxylic acids is 4. The van der Waals surface area contributed by atoms with Gasteiger partial charge in [0.25, 0.3) is 0 Å². The second kappa shape index (κ2) is 73.3. The number of phosphoric acid groups is 2. The number of hydrogen-bond donors (Lipinski definition) is 3. The zero-order valence-corrected chi connectivity index (χ0v) is 64.9. The van der Waals surface area contributed by atoms with Crippen molar-refractivity contribution in [1.82, 2.24) is 0 Å². The van der Waals surface area contributed by atoms with Crippen LogP contribution in [0.5, 0.6) is 0 Å². The van der Waals surface area contributed by atoms with Gasteiger partial charge < -0.3 is 33.8 Å². The van der Waals surface area contributed by atoms with E-state index in [4.69, 9.17) is 37.0 Å². The number of allylic oxidation sites excluding steroid dienone is 16. The molecule has 19 heteroatoms. The molecule has 17 nitrogen and oxygen atoms in total. The Hall–Kier alpha value is -4.02. The molecule has 0 radical (unpaired) electrons. The normalized spacial score (nSPS) is 14.4. The molecule has 0 aromatic heterocycles. The van der Waals surface area contributed by atoms with Gasteiger partial charge in [-0.15, -0.1) is 0 Å². The lowest BCUT2D eigenvalue weighted by Crippen LogP contribution is -2.30. The summed E-state index contributed by atoms with van der Waals surface area (Å²) in [6.07, 6.45) is 76.8. The lowest BCUT2D eigenvalue weighted by Gasteiger charge is -2.21. The van der Waals surface area contributed by atoms with Crippen LogP contribution in [0.25, 0.3) is 0 Å². The average Bonchev–Trinajstić information content (AvgIpc) is 0.965. The van der Waals surface area contributed by atoms with E-state index in [0.717, 1.165) is 141 Å². The van der Waals surface area contributed by atoms with Crippen molar-refractivity contribution >= 4 is 39.5 Å². The van der Waals surface area contributed by atoms with E-state index in [1.165, 1.54) is 109 Å². The lowest BCUT2D eigenvalue weighted by atomic mass is 10.1. The molecule has 100 heavy (non-hydrogen) atoms. The van der Waals surface area contributed by atoms with Gasteiger partial charge in [-0.25, -0.2) is 9.13 Å². The number of esters is 4. The summed E-state index contributed by atoms with van der Waals surface area (Å²) in [6.45, 7) is 4.73. The Kier molecular flexibility index (Phi) is 70.4. The van der Waals surface area contributed by atoms with Crippen LogP contribution in [0.3, 0.4) is 0 Å². The van der Waals surface area contributed by atoms with E-state index in [2.05, 4.69) is 113 Å². The smallest absolute Gasteiger partial charge is 0.462 e. The van der Waals surface area contributed by atoms with Gasteiger partial charge in [0.05, 0.1) is 26.4 Å². The van der Waals surface area contributed by atoms with Crippen molar-refractivity contribution in [2.75, 3.05) is 39.6 Å². The largest absolute Gasteiger partial charge is 0.472 e. The first-order chi connectivity index (χ1) is 48.7. The predicted molar refractivity (Wildman–Crippen MR) is 409 cm³/mol. The van der Waals surface area contributed by atoms with E-state index < -0.39 is 97.5 Å². The topological polar surface area (TPSA) is 237 Å². The molecular formula is C81H142O17P2. The van der Waals surface area contributed by atoms with Crippen molar-refractivity contribution in [2.45, 2.75) is 354 Å². The molecule has 0 aliphatic heterocycles. The Labute approximate surface area is 607 Å². The monoisotopic (exact) mass is 1450 g/mol. The van der Waals surface area contributed by atoms with Gasteiger partial charge in [0, 0.05) is 25.7 Å². The fourth-order valence-corrected chi connectivity index (χ4v) is 12.0. The first-order valence-corrected chi connectivity index (χ1v) is 42.5. The molecule has 0 heterocycles. The number of unbranched alkanes of at least 4 members (excludes halogenated alkanes) is 33. The zero-order valence-electron chi connectivity index (χ0n) is 63.1. The molecule has 0 bridgehead atoms. The molecular weight excluding hydrogens is 1310 g/mol. The lowest BCUT2D eigenvalue weighted by molar-refractivity contribution is -0.161. The molecule has 0 saturated heterocycles. The molecule has 0 amide bonds. The minimum atomic E-state index is -4.99. The van der Waals surface area contributed by atoms with Crippen LogP contribution >= 0.6 is 15.6 Å². The number of phosphoric ester groups is 2. The zero-order chi connectivity index (χ0) is 73.2. The maximum Gasteiger partial charge on any atom is 0.472 e. The quantitative estimate of drug-likeness (QED) is 0.0128. The van der Waals surface area contributed by atoms with Crippen LogP contribution in [0, 0.1) is 0 Å². The highest BCUT2D eigenvalue weighted by Gasteiger charge is 2.30. The highest BCUT2D eigenvalue weighted by molar-refractivity contribution is 7.47. The highest BCUT2D eigenvalue weighted by atomic mass is 31.2. The standard InChI is InChI=1S/C81H142O17P2/c1-5-9-13-17-21-25-29-33-36-37-40-43-46-50-54-58-62-66-79(84)92-71-76(97-80(85)67-63-59-55-51-47-41-32-28-24-20-16-12-8-4)73-95-99(87,88)93-69-75(82)70-94-100(89,90)96-74-77(98-81(86)68-64-60-56-52-48-44-39-35-31-27-23-19-15-11-7-3)72-91-78(83)65-61-57-53-49-45-42-38-34-30-26-22-18-14-10-6-2/h21,25,27-28,31-36,38-40,43,50,54,75-77,82H,5-20,22-24,26,29-30,37,41-42,44-49,51-53,55-74H2,1-4H3,(H,87,88)(H,89,90)/b25-21-,31-27-,32-28-,36-33-,38-34-,39-35-,43-40-,54-50-/t75-,76+,77+/m0/s1. The summed E-state index contributed by atoms with van der Waals surface area (Å²) in [6, 6.07) is 0. The fraction of sp³-hybridized carbons (Fsp3) is 0.753. The van der Waals surface area contributed by atoms with Crippen LogP contribution < -0.4 is 0 Å². The van der Waals surface area contributed by atoms with Crippen molar-refractivity contribution in [3.8, 4) is 0 Å². The Morgan fingerprint density at radius 3 is 0.890 bits per heavy atom. The fourth-order valence-electron chi connectivity index (χ4n) is 10.4. The number of hydrogen-bond acceptors (Lipinski definition) is 15. The first kappa shape index (κ1) is 96.0. The summed E-state index contributed by atoms with van der Waals surface area (Å²) in [5.41, 5.74) is 0. The van der Waals surface area contributed by atoms with Gasteiger partial charge in [-0.1, -0.05) is 266 Å². The highest BCUT2D eigenvalue weighted by Crippen LogP contribution is 2.45. The van der Waals surface area contributed by atoms with Crippen LogP contribution in [0.4, 0.5) is 0 Å². The van der Waals surface area contributed by atoms with Gasteiger partial charge in [-0.05, 0) is 141 Å². The molecule has 0 aliphatic carbocycles. The van der Waals surface area contributed by atoms with Gasteiger partial charge in [0.1, 0.15) is 19.3 Å². The maximum atomic E-state index is 13.1. The number of ether oxygens (including phenoxy) is 4. The SMILES string of the molecule is CCCCC/C=C\C/C=C\C/C=C\C/C=C\CCCC(=O)OC[C@H](COP(=O)(O)OC[C@H](O)COP(=O)(O)OC[C@@H](COC(=O)CCCCCCC/C=C\CCCCCCCC)OC(=O)CCCCCCC/C=C\C=C/CCCCCC)OC(=O)CCCCCCC/C=C\CCCCCC. The van der Waals surface area contributed by atoms with E-state index in [-0.39, 0.29) is 25.7 Å². The van der Waals surface area contributed by atoms with E-state index in [0.29, 0.717) is 32.1 Å². The van der Waals surface area contributed by atoms with E-state index >= 15 is 0 Å². The third kappa shape index (κ3) is 72.3. The summed E-state index contributed by atoms with van der Waals surface area (Å²) in [5, 5.41) is 10.6. The summed E-state index contributed by atoms with van der Waals surface area (Å²) in [5.74, 6) is -2.26. The second-order valence-electron chi connectivity index (χ2n) is 26.3. The van der Waals surface area contributed by atoms with Crippen molar-refractivity contribution in [2.24, 2.45) is 0 Å². The molecule has 0 saturated carbocycles. The molecule has 3 N–H and O–H groups in total.